The van der Waals surface area contributed by atoms with Gasteiger partial charge in [-0.05, 0) is 0 Å². The van der Waals surface area contributed by atoms with Gasteiger partial charge in [0.2, 0.25) is 5.95 Å². The van der Waals surface area contributed by atoms with Crippen molar-refractivity contribution in [2.75, 3.05) is 24.7 Å². The molecular formula is C20H23FN10O10P2S2. The van der Waals surface area contributed by atoms with E-state index in [0.29, 0.717) is 0 Å². The molecular weight excluding hydrogens is 685 g/mol. The average Bonchev–Trinajstić information content (AvgIpc) is 3.72. The van der Waals surface area contributed by atoms with Crippen molar-refractivity contribution in [2.24, 2.45) is 0 Å². The molecule has 4 aromatic heterocycles. The van der Waals surface area contributed by atoms with E-state index < -0.39 is 81.5 Å². The summed E-state index contributed by atoms with van der Waals surface area (Å²) in [6, 6.07) is 0. The van der Waals surface area contributed by atoms with Gasteiger partial charge in [0.1, 0.15) is 42.4 Å². The van der Waals surface area contributed by atoms with Gasteiger partial charge < -0.3 is 26.0 Å². The van der Waals surface area contributed by atoms with Gasteiger partial charge in [-0.2, -0.15) is 4.98 Å². The Morgan fingerprint density at radius 2 is 1.53 bits per heavy atom. The Hall–Kier alpha value is -2.69. The molecule has 3 aliphatic rings. The van der Waals surface area contributed by atoms with Crippen LogP contribution in [0.15, 0.2) is 23.8 Å². The second-order valence-electron chi connectivity index (χ2n) is 10.1. The number of thiol groups is 2. The Morgan fingerprint density at radius 3 is 2.27 bits per heavy atom. The van der Waals surface area contributed by atoms with Crippen molar-refractivity contribution in [3.8, 4) is 0 Å². The summed E-state index contributed by atoms with van der Waals surface area (Å²) in [6.45, 7) is -10.1. The lowest BCUT2D eigenvalue weighted by Gasteiger charge is -2.26. The number of halogens is 1. The minimum atomic E-state index is -4.42. The van der Waals surface area contributed by atoms with Crippen molar-refractivity contribution in [1.82, 2.24) is 39.0 Å². The molecule has 0 saturated carbocycles. The number of aromatic nitrogens is 8. The zero-order valence-electron chi connectivity index (χ0n) is 22.3. The van der Waals surface area contributed by atoms with Crippen LogP contribution in [-0.2, 0) is 36.7 Å². The standard InChI is InChI=1S/C20H23FN10O10P2S2/c21-8-12-7(39-18(8)30-4-26-9-14(22)24-3-25-15(9)30)2-37-43(35,45)41-13-11(32)6(1-36-42(34,44)40-12)38-19(13)31-5-27-10-16(31)28-20(23)29-17(10)33/h3-8,11-13,18-19,32H,1-2H2,(H,34,44)(H,35,45)(H2,22,24,25)(H3,23,28,29,33)/t6-,7-,8?,11?,12?,13?,18?,19-,42?,43?/m1/s1. The quantitative estimate of drug-likeness (QED) is 0.122. The smallest absolute Gasteiger partial charge is 0.386 e. The van der Waals surface area contributed by atoms with Crippen molar-refractivity contribution in [3.05, 3.63) is 29.3 Å². The fourth-order valence-electron chi connectivity index (χ4n) is 5.26. The van der Waals surface area contributed by atoms with Gasteiger partial charge in [-0.25, -0.2) is 33.5 Å². The largest absolute Gasteiger partial charge is 0.387 e. The highest BCUT2D eigenvalue weighted by molar-refractivity contribution is 8.44. The molecule has 242 valence electrons. The summed E-state index contributed by atoms with van der Waals surface area (Å²) in [5.41, 5.74) is 11.0. The van der Waals surface area contributed by atoms with E-state index in [1.165, 1.54) is 21.8 Å². The van der Waals surface area contributed by atoms with Crippen molar-refractivity contribution >= 4 is 72.2 Å². The molecule has 7 rings (SSSR count). The molecule has 0 spiro atoms. The Bertz CT molecular complexity index is 1950. The van der Waals surface area contributed by atoms with E-state index in [9.17, 15) is 19.0 Å². The topological polar surface area (TPSA) is 269 Å². The number of nitrogen functional groups attached to an aromatic ring is 2. The van der Waals surface area contributed by atoms with E-state index >= 15 is 4.39 Å². The van der Waals surface area contributed by atoms with Crippen LogP contribution >= 0.6 is 38.1 Å². The van der Waals surface area contributed by atoms with Crippen LogP contribution in [0, 0.1) is 0 Å². The van der Waals surface area contributed by atoms with Crippen LogP contribution in [0.5, 0.6) is 0 Å². The van der Waals surface area contributed by atoms with Gasteiger partial charge in [0, 0.05) is 0 Å². The number of hydrogen-bond donors (Lipinski definition) is 6. The molecule has 7 heterocycles. The second kappa shape index (κ2) is 11.2. The van der Waals surface area contributed by atoms with Crippen LogP contribution < -0.4 is 17.0 Å². The lowest BCUT2D eigenvalue weighted by molar-refractivity contribution is -0.0568. The Kier molecular flexibility index (Phi) is 7.72. The number of H-pyrrole nitrogens is 1. The third-order valence-corrected chi connectivity index (χ3v) is 10.5. The van der Waals surface area contributed by atoms with Crippen LogP contribution in [0.4, 0.5) is 16.2 Å². The molecule has 6 N–H and O–H groups in total. The number of rotatable bonds is 2. The van der Waals surface area contributed by atoms with Crippen molar-refractivity contribution in [3.63, 3.8) is 0 Å². The van der Waals surface area contributed by atoms with Crippen molar-refractivity contribution < 1.29 is 46.2 Å². The summed E-state index contributed by atoms with van der Waals surface area (Å²) < 4.78 is 79.0. The van der Waals surface area contributed by atoms with Gasteiger partial charge in [-0.3, -0.25) is 37.0 Å². The van der Waals surface area contributed by atoms with Gasteiger partial charge in [-0.15, -0.1) is 0 Å². The molecule has 45 heavy (non-hydrogen) atoms. The van der Waals surface area contributed by atoms with Crippen molar-refractivity contribution in [1.29, 1.82) is 0 Å². The van der Waals surface area contributed by atoms with E-state index in [1.54, 1.807) is 0 Å². The minimum absolute atomic E-state index is 0.0443. The van der Waals surface area contributed by atoms with Crippen LogP contribution in [-0.4, -0.2) is 94.0 Å². The zero-order chi connectivity index (χ0) is 31.8. The maximum atomic E-state index is 16.0. The third kappa shape index (κ3) is 5.54. The maximum Gasteiger partial charge on any atom is 0.386 e. The van der Waals surface area contributed by atoms with E-state index in [4.69, 9.17) is 39.0 Å². The molecule has 0 radical (unpaired) electrons. The molecule has 4 aromatic rings. The van der Waals surface area contributed by atoms with Crippen LogP contribution in [0.3, 0.4) is 0 Å². The second-order valence-corrected chi connectivity index (χ2v) is 15.8. The lowest BCUT2D eigenvalue weighted by Crippen LogP contribution is -2.35. The van der Waals surface area contributed by atoms with Gasteiger partial charge in [0.05, 0.1) is 25.9 Å². The molecule has 3 aliphatic heterocycles. The molecule has 2 bridgehead atoms. The fraction of sp³-hybridized carbons (Fsp3) is 0.500. The van der Waals surface area contributed by atoms with Gasteiger partial charge in [0.25, 0.3) is 5.56 Å². The van der Waals surface area contributed by atoms with Gasteiger partial charge >= 0.3 is 13.6 Å². The summed E-state index contributed by atoms with van der Waals surface area (Å²) >= 11 is 8.03. The molecule has 25 heteroatoms. The average molecular weight is 709 g/mol. The number of alkyl halides is 1. The van der Waals surface area contributed by atoms with Crippen LogP contribution in [0.1, 0.15) is 12.5 Å². The first-order chi connectivity index (χ1) is 21.3. The highest BCUT2D eigenvalue weighted by Gasteiger charge is 2.54. The highest BCUT2D eigenvalue weighted by atomic mass is 32.7. The number of aromatic amines is 1. The van der Waals surface area contributed by atoms with E-state index in [2.05, 4.69) is 54.4 Å². The van der Waals surface area contributed by atoms with Crippen LogP contribution in [0.2, 0.25) is 0 Å². The van der Waals surface area contributed by atoms with Gasteiger partial charge in [0.15, 0.2) is 41.3 Å². The number of hydrogen-bond acceptors (Lipinski definition) is 17. The summed E-state index contributed by atoms with van der Waals surface area (Å²) in [6.07, 6.45) is -8.75. The number of anilines is 2. The molecule has 10 atom stereocenters. The van der Waals surface area contributed by atoms with E-state index in [1.807, 2.05) is 0 Å². The first-order valence-corrected chi connectivity index (χ1v) is 18.3. The first kappa shape index (κ1) is 30.9. The molecule has 0 aliphatic carbocycles. The maximum absolute atomic E-state index is 16.0. The summed E-state index contributed by atoms with van der Waals surface area (Å²) in [7, 11) is 0. The number of nitrogens with zero attached hydrogens (tertiary/aromatic N) is 7. The SMILES string of the molecule is Nc1nc2c(ncn2[C@@H]2O[C@@H]3COP(=O)(S)OC4C(F)C(n5cnc6c(N)ncnc65)O[C@@H]4COP(=O)(S)OC2C3O)c(=O)[nH]1. The zero-order valence-corrected chi connectivity index (χ0v) is 25.9. The van der Waals surface area contributed by atoms with E-state index in [-0.39, 0.29) is 34.1 Å². The monoisotopic (exact) mass is 708 g/mol. The minimum Gasteiger partial charge on any atom is -0.387 e. The molecule has 0 amide bonds. The fourth-order valence-corrected chi connectivity index (χ4v) is 8.20. The third-order valence-electron chi connectivity index (χ3n) is 7.28. The van der Waals surface area contributed by atoms with E-state index in [0.717, 1.165) is 6.33 Å². The number of fused-ring (bicyclic) bond motifs is 5. The summed E-state index contributed by atoms with van der Waals surface area (Å²) in [4.78, 5) is 34.7. The number of aliphatic hydroxyl groups is 1. The number of imidazole rings is 2. The van der Waals surface area contributed by atoms with Gasteiger partial charge in [-0.1, -0.05) is 24.5 Å². The molecule has 0 aromatic carbocycles. The lowest BCUT2D eigenvalue weighted by atomic mass is 10.1. The predicted molar refractivity (Wildman–Crippen MR) is 156 cm³/mol. The Morgan fingerprint density at radius 1 is 0.911 bits per heavy atom. The molecule has 3 saturated heterocycles. The normalized spacial score (nSPS) is 37.7. The molecule has 3 fully saturated rings. The number of aliphatic hydroxyl groups excluding tert-OH is 1. The number of nitrogens with two attached hydrogens (primary N) is 2. The first-order valence-electron chi connectivity index (χ1n) is 12.9. The predicted octanol–water partition coefficient (Wildman–Crippen LogP) is 0.511. The Balaban J connectivity index is 1.21. The van der Waals surface area contributed by atoms with Crippen LogP contribution in [0.25, 0.3) is 22.3 Å². The Labute approximate surface area is 260 Å². The summed E-state index contributed by atoms with van der Waals surface area (Å²) in [5.74, 6) is -0.193. The van der Waals surface area contributed by atoms with Crippen molar-refractivity contribution in [2.45, 2.75) is 49.1 Å². The number of nitrogens with one attached hydrogen (secondary N) is 1. The summed E-state index contributed by atoms with van der Waals surface area (Å²) in [5, 5.41) is 11.1. The number of ether oxygens (including phenoxy) is 2. The molecule has 20 nitrogen and oxygen atoms in total. The highest BCUT2D eigenvalue weighted by Crippen LogP contribution is 2.60. The molecule has 7 unspecified atom stereocenters.